The van der Waals surface area contributed by atoms with Gasteiger partial charge < -0.3 is 5.32 Å². The first kappa shape index (κ1) is 13.1. The van der Waals surface area contributed by atoms with Gasteiger partial charge in [0.1, 0.15) is 0 Å². The number of thioether (sulfide) groups is 1. The SMILES string of the molecule is CSc1ccccc1NC(=O)CCC(C)C. The van der Waals surface area contributed by atoms with Crippen molar-refractivity contribution in [3.05, 3.63) is 24.3 Å². The number of nitrogens with one attached hydrogen (secondary N) is 1. The lowest BCUT2D eigenvalue weighted by Crippen LogP contribution is -2.12. The van der Waals surface area contributed by atoms with E-state index >= 15 is 0 Å². The first-order valence-electron chi connectivity index (χ1n) is 5.56. The molecule has 0 radical (unpaired) electrons. The lowest BCUT2D eigenvalue weighted by atomic mass is 10.1. The van der Waals surface area contributed by atoms with Gasteiger partial charge in [-0.15, -0.1) is 11.8 Å². The van der Waals surface area contributed by atoms with Gasteiger partial charge in [0.15, 0.2) is 0 Å². The van der Waals surface area contributed by atoms with Gasteiger partial charge in [-0.25, -0.2) is 0 Å². The number of carbonyl (C=O) groups is 1. The fourth-order valence-electron chi connectivity index (χ4n) is 1.38. The summed E-state index contributed by atoms with van der Waals surface area (Å²) in [5.74, 6) is 0.678. The van der Waals surface area contributed by atoms with Crippen molar-refractivity contribution in [3.8, 4) is 0 Å². The van der Waals surface area contributed by atoms with Gasteiger partial charge in [0, 0.05) is 11.3 Å². The number of amides is 1. The van der Waals surface area contributed by atoms with Crippen LogP contribution in [0.15, 0.2) is 29.2 Å². The van der Waals surface area contributed by atoms with Crippen LogP contribution in [0.3, 0.4) is 0 Å². The Kier molecular flexibility index (Phi) is 5.39. The highest BCUT2D eigenvalue weighted by Crippen LogP contribution is 2.24. The first-order chi connectivity index (χ1) is 7.63. The topological polar surface area (TPSA) is 29.1 Å². The normalized spacial score (nSPS) is 10.5. The van der Waals surface area contributed by atoms with Gasteiger partial charge in [-0.05, 0) is 30.7 Å². The largest absolute Gasteiger partial charge is 0.325 e. The van der Waals surface area contributed by atoms with E-state index in [0.29, 0.717) is 12.3 Å². The fourth-order valence-corrected chi connectivity index (χ4v) is 1.93. The number of carbonyl (C=O) groups excluding carboxylic acids is 1. The molecule has 0 unspecified atom stereocenters. The molecule has 1 rings (SSSR count). The average molecular weight is 237 g/mol. The maximum atomic E-state index is 11.7. The summed E-state index contributed by atoms with van der Waals surface area (Å²) >= 11 is 1.65. The quantitative estimate of drug-likeness (QED) is 0.790. The molecule has 0 aliphatic heterocycles. The zero-order valence-electron chi connectivity index (χ0n) is 10.1. The predicted octanol–water partition coefficient (Wildman–Crippen LogP) is 3.78. The summed E-state index contributed by atoms with van der Waals surface area (Å²) < 4.78 is 0. The monoisotopic (exact) mass is 237 g/mol. The smallest absolute Gasteiger partial charge is 0.224 e. The number of anilines is 1. The number of rotatable bonds is 5. The predicted molar refractivity (Wildman–Crippen MR) is 70.9 cm³/mol. The third-order valence-electron chi connectivity index (χ3n) is 2.33. The van der Waals surface area contributed by atoms with E-state index in [1.165, 1.54) is 0 Å². The highest BCUT2D eigenvalue weighted by Gasteiger charge is 2.06. The minimum atomic E-state index is 0.107. The van der Waals surface area contributed by atoms with Crippen LogP contribution in [-0.2, 0) is 4.79 Å². The minimum absolute atomic E-state index is 0.107. The Morgan fingerprint density at radius 1 is 1.38 bits per heavy atom. The third kappa shape index (κ3) is 4.27. The van der Waals surface area contributed by atoms with Crippen LogP contribution in [0.2, 0.25) is 0 Å². The summed E-state index contributed by atoms with van der Waals surface area (Å²) in [7, 11) is 0. The first-order valence-corrected chi connectivity index (χ1v) is 6.79. The molecule has 0 saturated carbocycles. The highest BCUT2D eigenvalue weighted by atomic mass is 32.2. The Morgan fingerprint density at radius 2 is 2.06 bits per heavy atom. The van der Waals surface area contributed by atoms with Crippen molar-refractivity contribution >= 4 is 23.4 Å². The molecule has 1 N–H and O–H groups in total. The van der Waals surface area contributed by atoms with Gasteiger partial charge in [-0.1, -0.05) is 26.0 Å². The molecular weight excluding hydrogens is 218 g/mol. The molecule has 0 atom stereocenters. The highest BCUT2D eigenvalue weighted by molar-refractivity contribution is 7.98. The Bertz CT molecular complexity index is 350. The molecule has 3 heteroatoms. The average Bonchev–Trinajstić information content (AvgIpc) is 2.27. The van der Waals surface area contributed by atoms with Crippen LogP contribution in [0.4, 0.5) is 5.69 Å². The van der Waals surface area contributed by atoms with Crippen LogP contribution in [0.25, 0.3) is 0 Å². The second-order valence-electron chi connectivity index (χ2n) is 4.18. The molecule has 88 valence electrons. The van der Waals surface area contributed by atoms with E-state index in [1.54, 1.807) is 11.8 Å². The van der Waals surface area contributed by atoms with Crippen molar-refractivity contribution in [1.29, 1.82) is 0 Å². The second kappa shape index (κ2) is 6.59. The van der Waals surface area contributed by atoms with Crippen molar-refractivity contribution in [2.75, 3.05) is 11.6 Å². The molecule has 0 aliphatic carbocycles. The van der Waals surface area contributed by atoms with Crippen LogP contribution in [0, 0.1) is 5.92 Å². The summed E-state index contributed by atoms with van der Waals surface area (Å²) in [4.78, 5) is 12.8. The molecule has 0 saturated heterocycles. The van der Waals surface area contributed by atoms with Crippen LogP contribution >= 0.6 is 11.8 Å². The molecule has 0 spiro atoms. The lowest BCUT2D eigenvalue weighted by Gasteiger charge is -2.09. The molecule has 0 fully saturated rings. The number of hydrogen-bond acceptors (Lipinski definition) is 2. The Balaban J connectivity index is 2.55. The Labute approximate surface area is 102 Å². The van der Waals surface area contributed by atoms with Gasteiger partial charge >= 0.3 is 0 Å². The van der Waals surface area contributed by atoms with Crippen LogP contribution in [0.5, 0.6) is 0 Å². The molecule has 0 aromatic heterocycles. The molecular formula is C13H19NOS. The molecule has 1 aromatic rings. The van der Waals surface area contributed by atoms with E-state index in [-0.39, 0.29) is 5.91 Å². The third-order valence-corrected chi connectivity index (χ3v) is 3.13. The molecule has 0 heterocycles. The minimum Gasteiger partial charge on any atom is -0.325 e. The van der Waals surface area contributed by atoms with Crippen molar-refractivity contribution in [1.82, 2.24) is 0 Å². The van der Waals surface area contributed by atoms with Crippen LogP contribution < -0.4 is 5.32 Å². The Hall–Kier alpha value is -0.960. The maximum absolute atomic E-state index is 11.7. The van der Waals surface area contributed by atoms with Gasteiger partial charge in [-0.3, -0.25) is 4.79 Å². The van der Waals surface area contributed by atoms with Crippen molar-refractivity contribution in [3.63, 3.8) is 0 Å². The van der Waals surface area contributed by atoms with Gasteiger partial charge in [0.05, 0.1) is 5.69 Å². The van der Waals surface area contributed by atoms with E-state index in [9.17, 15) is 4.79 Å². The summed E-state index contributed by atoms with van der Waals surface area (Å²) in [6.45, 7) is 4.26. The molecule has 16 heavy (non-hydrogen) atoms. The van der Waals surface area contributed by atoms with E-state index in [0.717, 1.165) is 17.0 Å². The molecule has 2 nitrogen and oxygen atoms in total. The van der Waals surface area contributed by atoms with Crippen LogP contribution in [0.1, 0.15) is 26.7 Å². The maximum Gasteiger partial charge on any atom is 0.224 e. The number of benzene rings is 1. The second-order valence-corrected chi connectivity index (χ2v) is 5.03. The van der Waals surface area contributed by atoms with Crippen molar-refractivity contribution in [2.24, 2.45) is 5.92 Å². The molecule has 0 bridgehead atoms. The van der Waals surface area contributed by atoms with E-state index in [2.05, 4.69) is 19.2 Å². The molecule has 0 aliphatic rings. The fraction of sp³-hybridized carbons (Fsp3) is 0.462. The number of para-hydroxylation sites is 1. The zero-order chi connectivity index (χ0) is 12.0. The molecule has 1 amide bonds. The summed E-state index contributed by atoms with van der Waals surface area (Å²) in [5, 5.41) is 2.96. The number of hydrogen-bond donors (Lipinski definition) is 1. The van der Waals surface area contributed by atoms with E-state index in [1.807, 2.05) is 30.5 Å². The molecule has 1 aromatic carbocycles. The summed E-state index contributed by atoms with van der Waals surface area (Å²) in [6.07, 6.45) is 3.55. The van der Waals surface area contributed by atoms with Gasteiger partial charge in [0.2, 0.25) is 5.91 Å². The van der Waals surface area contributed by atoms with E-state index < -0.39 is 0 Å². The zero-order valence-corrected chi connectivity index (χ0v) is 10.9. The van der Waals surface area contributed by atoms with Crippen LogP contribution in [-0.4, -0.2) is 12.2 Å². The Morgan fingerprint density at radius 3 is 2.69 bits per heavy atom. The standard InChI is InChI=1S/C13H19NOS/c1-10(2)8-9-13(15)14-11-6-4-5-7-12(11)16-3/h4-7,10H,8-9H2,1-3H3,(H,14,15). The van der Waals surface area contributed by atoms with Gasteiger partial charge in [0.25, 0.3) is 0 Å². The summed E-state index contributed by atoms with van der Waals surface area (Å²) in [5.41, 5.74) is 0.920. The van der Waals surface area contributed by atoms with Crippen molar-refractivity contribution < 1.29 is 4.79 Å². The van der Waals surface area contributed by atoms with Gasteiger partial charge in [-0.2, -0.15) is 0 Å². The van der Waals surface area contributed by atoms with Crippen molar-refractivity contribution in [2.45, 2.75) is 31.6 Å². The van der Waals surface area contributed by atoms with E-state index in [4.69, 9.17) is 0 Å². The lowest BCUT2D eigenvalue weighted by molar-refractivity contribution is -0.116. The summed E-state index contributed by atoms with van der Waals surface area (Å²) in [6, 6.07) is 7.88.